The van der Waals surface area contributed by atoms with Gasteiger partial charge < -0.3 is 9.64 Å². The van der Waals surface area contributed by atoms with Gasteiger partial charge in [-0.2, -0.15) is 0 Å². The summed E-state index contributed by atoms with van der Waals surface area (Å²) in [6, 6.07) is 0. The Morgan fingerprint density at radius 1 is 1.29 bits per heavy atom. The number of carbonyl (C=O) groups is 1. The normalized spacial score (nSPS) is 29.4. The lowest BCUT2D eigenvalue weighted by atomic mass is 9.73. The summed E-state index contributed by atoms with van der Waals surface area (Å²) in [4.78, 5) is 14.0. The molecule has 1 aliphatic carbocycles. The van der Waals surface area contributed by atoms with E-state index < -0.39 is 0 Å². The molecule has 17 heavy (non-hydrogen) atoms. The number of nitrogens with zero attached hydrogens (tertiary/aromatic N) is 1. The molecule has 0 aliphatic heterocycles. The number of rotatable bonds is 5. The van der Waals surface area contributed by atoms with E-state index in [1.54, 1.807) is 0 Å². The third-order valence-corrected chi connectivity index (χ3v) is 4.34. The van der Waals surface area contributed by atoms with Crippen LogP contribution < -0.4 is 0 Å². The molecule has 0 spiro atoms. The van der Waals surface area contributed by atoms with Crippen LogP contribution in [-0.2, 0) is 9.53 Å². The van der Waals surface area contributed by atoms with Crippen LogP contribution in [0.15, 0.2) is 0 Å². The molecule has 0 aromatic rings. The van der Waals surface area contributed by atoms with Crippen LogP contribution in [0.4, 0.5) is 0 Å². The SMILES string of the molecule is CCOC(=O)CC1(N(C)C)CCC(CC)CC1. The third kappa shape index (κ3) is 3.70. The first kappa shape index (κ1) is 14.5. The van der Waals surface area contributed by atoms with E-state index in [1.807, 2.05) is 6.92 Å². The highest BCUT2D eigenvalue weighted by molar-refractivity contribution is 5.70. The van der Waals surface area contributed by atoms with Gasteiger partial charge in [0.2, 0.25) is 0 Å². The molecule has 0 saturated heterocycles. The second kappa shape index (κ2) is 6.39. The van der Waals surface area contributed by atoms with Crippen LogP contribution in [0.25, 0.3) is 0 Å². The smallest absolute Gasteiger partial charge is 0.307 e. The first-order valence-corrected chi connectivity index (χ1v) is 6.87. The molecule has 0 heterocycles. The fraction of sp³-hybridized carbons (Fsp3) is 0.929. The lowest BCUT2D eigenvalue weighted by Gasteiger charge is -2.44. The van der Waals surface area contributed by atoms with Crippen molar-refractivity contribution in [3.8, 4) is 0 Å². The zero-order valence-corrected chi connectivity index (χ0v) is 11.8. The minimum absolute atomic E-state index is 0.0396. The maximum Gasteiger partial charge on any atom is 0.307 e. The quantitative estimate of drug-likeness (QED) is 0.693. The Kier molecular flexibility index (Phi) is 5.44. The minimum Gasteiger partial charge on any atom is -0.466 e. The maximum absolute atomic E-state index is 11.7. The van der Waals surface area contributed by atoms with E-state index in [2.05, 4.69) is 25.9 Å². The fourth-order valence-corrected chi connectivity index (χ4v) is 2.89. The van der Waals surface area contributed by atoms with E-state index in [9.17, 15) is 4.79 Å². The highest BCUT2D eigenvalue weighted by atomic mass is 16.5. The Bertz CT molecular complexity index is 243. The van der Waals surface area contributed by atoms with Crippen molar-refractivity contribution < 1.29 is 9.53 Å². The molecular formula is C14H27NO2. The average Bonchev–Trinajstić information content (AvgIpc) is 2.30. The van der Waals surface area contributed by atoms with Crippen LogP contribution in [0.3, 0.4) is 0 Å². The molecule has 1 aliphatic rings. The van der Waals surface area contributed by atoms with Gasteiger partial charge in [0, 0.05) is 5.54 Å². The summed E-state index contributed by atoms with van der Waals surface area (Å²) in [7, 11) is 4.18. The topological polar surface area (TPSA) is 29.5 Å². The summed E-state index contributed by atoms with van der Waals surface area (Å²) < 4.78 is 5.11. The first-order chi connectivity index (χ1) is 8.04. The van der Waals surface area contributed by atoms with Crippen molar-refractivity contribution in [3.05, 3.63) is 0 Å². The summed E-state index contributed by atoms with van der Waals surface area (Å²) in [6.45, 7) is 4.62. The zero-order chi connectivity index (χ0) is 12.9. The summed E-state index contributed by atoms with van der Waals surface area (Å²) in [5.74, 6) is 0.807. The summed E-state index contributed by atoms with van der Waals surface area (Å²) in [5, 5.41) is 0. The number of hydrogen-bond donors (Lipinski definition) is 0. The molecule has 1 saturated carbocycles. The Hall–Kier alpha value is -0.570. The molecule has 0 bridgehead atoms. The molecule has 0 aromatic heterocycles. The molecule has 0 radical (unpaired) electrons. The number of hydrogen-bond acceptors (Lipinski definition) is 3. The predicted molar refractivity (Wildman–Crippen MR) is 69.9 cm³/mol. The van der Waals surface area contributed by atoms with E-state index in [0.29, 0.717) is 13.0 Å². The lowest BCUT2D eigenvalue weighted by Crippen LogP contribution is -2.48. The van der Waals surface area contributed by atoms with Gasteiger partial charge >= 0.3 is 5.97 Å². The van der Waals surface area contributed by atoms with Crippen molar-refractivity contribution in [2.24, 2.45) is 5.92 Å². The molecule has 0 unspecified atom stereocenters. The molecule has 0 N–H and O–H groups in total. The van der Waals surface area contributed by atoms with Crippen LogP contribution in [0.1, 0.15) is 52.4 Å². The van der Waals surface area contributed by atoms with Gasteiger partial charge in [0.25, 0.3) is 0 Å². The van der Waals surface area contributed by atoms with E-state index >= 15 is 0 Å². The van der Waals surface area contributed by atoms with Crippen LogP contribution >= 0.6 is 0 Å². The highest BCUT2D eigenvalue weighted by Gasteiger charge is 2.38. The number of esters is 1. The predicted octanol–water partition coefficient (Wildman–Crippen LogP) is 2.84. The van der Waals surface area contributed by atoms with Crippen molar-refractivity contribution in [1.82, 2.24) is 4.90 Å². The zero-order valence-electron chi connectivity index (χ0n) is 11.8. The van der Waals surface area contributed by atoms with Gasteiger partial charge in [0.05, 0.1) is 13.0 Å². The molecule has 0 atom stereocenters. The van der Waals surface area contributed by atoms with Crippen molar-refractivity contribution in [2.45, 2.75) is 57.9 Å². The second-order valence-corrected chi connectivity index (χ2v) is 5.45. The number of ether oxygens (including phenoxy) is 1. The van der Waals surface area contributed by atoms with Crippen molar-refractivity contribution in [1.29, 1.82) is 0 Å². The molecule has 1 fully saturated rings. The summed E-state index contributed by atoms with van der Waals surface area (Å²) >= 11 is 0. The Morgan fingerprint density at radius 2 is 1.88 bits per heavy atom. The van der Waals surface area contributed by atoms with Crippen molar-refractivity contribution in [3.63, 3.8) is 0 Å². The molecule has 3 nitrogen and oxygen atoms in total. The van der Waals surface area contributed by atoms with Crippen molar-refractivity contribution in [2.75, 3.05) is 20.7 Å². The van der Waals surface area contributed by atoms with Gasteiger partial charge in [-0.3, -0.25) is 4.79 Å². The Balaban J connectivity index is 2.62. The van der Waals surface area contributed by atoms with E-state index in [4.69, 9.17) is 4.74 Å². The highest BCUT2D eigenvalue weighted by Crippen LogP contribution is 2.39. The standard InChI is InChI=1S/C14H27NO2/c1-5-12-7-9-14(10-8-12,15(3)4)11-13(16)17-6-2/h12H,5-11H2,1-4H3. The molecule has 3 heteroatoms. The second-order valence-electron chi connectivity index (χ2n) is 5.45. The molecule has 0 amide bonds. The lowest BCUT2D eigenvalue weighted by molar-refractivity contribution is -0.147. The molecule has 1 rings (SSSR count). The van der Waals surface area contributed by atoms with Crippen LogP contribution in [0.5, 0.6) is 0 Å². The third-order valence-electron chi connectivity index (χ3n) is 4.34. The van der Waals surface area contributed by atoms with Gasteiger partial charge in [-0.15, -0.1) is 0 Å². The van der Waals surface area contributed by atoms with Gasteiger partial charge in [-0.05, 0) is 52.6 Å². The van der Waals surface area contributed by atoms with Gasteiger partial charge in [-0.1, -0.05) is 13.3 Å². The van der Waals surface area contributed by atoms with Gasteiger partial charge in [0.1, 0.15) is 0 Å². The Morgan fingerprint density at radius 3 is 2.29 bits per heavy atom. The van der Waals surface area contributed by atoms with E-state index in [-0.39, 0.29) is 11.5 Å². The van der Waals surface area contributed by atoms with Crippen LogP contribution in [0, 0.1) is 5.92 Å². The van der Waals surface area contributed by atoms with Gasteiger partial charge in [0.15, 0.2) is 0 Å². The molecule has 0 aromatic carbocycles. The minimum atomic E-state index is -0.0452. The summed E-state index contributed by atoms with van der Waals surface area (Å²) in [5.41, 5.74) is 0.0396. The van der Waals surface area contributed by atoms with Crippen LogP contribution in [-0.4, -0.2) is 37.1 Å². The first-order valence-electron chi connectivity index (χ1n) is 6.87. The maximum atomic E-state index is 11.7. The van der Waals surface area contributed by atoms with Crippen LogP contribution in [0.2, 0.25) is 0 Å². The molecule has 100 valence electrons. The number of carbonyl (C=O) groups excluding carboxylic acids is 1. The Labute approximate surface area is 106 Å². The van der Waals surface area contributed by atoms with E-state index in [0.717, 1.165) is 18.8 Å². The van der Waals surface area contributed by atoms with Crippen molar-refractivity contribution >= 4 is 5.97 Å². The monoisotopic (exact) mass is 241 g/mol. The average molecular weight is 241 g/mol. The largest absolute Gasteiger partial charge is 0.466 e. The van der Waals surface area contributed by atoms with Gasteiger partial charge in [-0.25, -0.2) is 0 Å². The fourth-order valence-electron chi connectivity index (χ4n) is 2.89. The molecular weight excluding hydrogens is 214 g/mol. The summed E-state index contributed by atoms with van der Waals surface area (Å²) in [6.07, 6.45) is 6.55. The van der Waals surface area contributed by atoms with E-state index in [1.165, 1.54) is 19.3 Å².